The maximum Gasteiger partial charge on any atom is 0.245 e. The number of benzene rings is 1. The van der Waals surface area contributed by atoms with Crippen molar-refractivity contribution >= 4 is 111 Å². The van der Waals surface area contributed by atoms with Crippen LogP contribution >= 0.6 is 0 Å². The fourth-order valence-electron chi connectivity index (χ4n) is 12.3. The minimum atomic E-state index is -1.84. The van der Waals surface area contributed by atoms with E-state index in [0.717, 1.165) is 24.8 Å². The SMILES string of the molecule is CC(C)C[C@H](NC(=O)[C@H](CO)NC(=O)[C@H](C)NC(=O)[C@@H](NC(=O)[C@@H](NC(=O)[C@H](CCCCN)NC(=O)[C@@H](NC(=O)[C@H](CO)NC(=O)[C@@H](NC(=O)[C@H](CCCN=C(N)N)NC(=O)[C@H](C)NC(=O)[C@@H](N)CCCCN)C(C)C)C(C)C)C(C)C)[C@@H](C)O)C(=O)N[C@@H](CO)C(=O)N[C@@H](CCCCN)C(=O)N[C@@H](C)C(=O)N[C@@H](Cc1c[nH]c2ccccc12)C(N)=O. The first-order chi connectivity index (χ1) is 57.4. The number of unbranched alkanes of at least 4 members (excludes halogenated alkanes) is 3. The number of fused-ring (bicyclic) bond motifs is 1. The molecule has 122 heavy (non-hydrogen) atoms. The Morgan fingerprint density at radius 2 is 0.689 bits per heavy atom. The highest BCUT2D eigenvalue weighted by molar-refractivity contribution is 6.01. The smallest absolute Gasteiger partial charge is 0.245 e. The van der Waals surface area contributed by atoms with Crippen molar-refractivity contribution in [2.45, 2.75) is 269 Å². The van der Waals surface area contributed by atoms with Gasteiger partial charge < -0.3 is 145 Å². The van der Waals surface area contributed by atoms with Crippen LogP contribution in [-0.4, -0.2) is 275 Å². The second-order valence-corrected chi connectivity index (χ2v) is 31.6. The second-order valence-electron chi connectivity index (χ2n) is 31.6. The second kappa shape index (κ2) is 55.3. The van der Waals surface area contributed by atoms with E-state index in [2.05, 4.69) is 89.7 Å². The first kappa shape index (κ1) is 107. The third kappa shape index (κ3) is 37.3. The fourth-order valence-corrected chi connectivity index (χ4v) is 12.3. The number of carbonyl (C=O) groups is 16. The highest BCUT2D eigenvalue weighted by Gasteiger charge is 2.40. The molecule has 44 heteroatoms. The van der Waals surface area contributed by atoms with Gasteiger partial charge >= 0.3 is 0 Å². The molecular formula is C78H136N24O20. The molecule has 1 heterocycles. The van der Waals surface area contributed by atoms with Gasteiger partial charge in [0.15, 0.2) is 5.96 Å². The number of aliphatic hydroxyl groups is 4. The molecule has 0 unspecified atom stereocenters. The summed E-state index contributed by atoms with van der Waals surface area (Å²) in [5.41, 5.74) is 41.1. The summed E-state index contributed by atoms with van der Waals surface area (Å²) in [5, 5.41) is 80.1. The highest BCUT2D eigenvalue weighted by atomic mass is 16.3. The topological polar surface area (TPSA) is 745 Å². The van der Waals surface area contributed by atoms with Gasteiger partial charge in [-0.25, -0.2) is 0 Å². The number of aliphatic hydroxyl groups excluding tert-OH is 4. The van der Waals surface area contributed by atoms with Crippen LogP contribution in [0.3, 0.4) is 0 Å². The summed E-state index contributed by atoms with van der Waals surface area (Å²) in [6.07, 6.45) is 2.65. The number of hydrogen-bond donors (Lipinski definition) is 27. The third-order valence-corrected chi connectivity index (χ3v) is 19.6. The number of nitrogens with one attached hydrogen (secondary N) is 16. The number of H-pyrrole nitrogens is 1. The van der Waals surface area contributed by atoms with Crippen LogP contribution in [0.1, 0.15) is 166 Å². The first-order valence-electron chi connectivity index (χ1n) is 41.2. The molecule has 0 aliphatic rings. The van der Waals surface area contributed by atoms with E-state index < -0.39 is 235 Å². The number of hydrogen-bond acceptors (Lipinski definition) is 25. The molecule has 1 aromatic heterocycles. The monoisotopic (exact) mass is 1730 g/mol. The lowest BCUT2D eigenvalue weighted by molar-refractivity contribution is -0.138. The zero-order valence-electron chi connectivity index (χ0n) is 72.0. The lowest BCUT2D eigenvalue weighted by Crippen LogP contribution is -2.63. The maximum absolute atomic E-state index is 14.4. The number of amides is 16. The number of aromatic amines is 1. The number of aromatic nitrogens is 1. The molecule has 0 spiro atoms. The van der Waals surface area contributed by atoms with Gasteiger partial charge in [-0.1, -0.05) is 80.0 Å². The number of para-hydroxylation sites is 1. The van der Waals surface area contributed by atoms with Gasteiger partial charge in [-0.3, -0.25) is 81.7 Å². The van der Waals surface area contributed by atoms with Gasteiger partial charge in [0.2, 0.25) is 94.5 Å². The summed E-state index contributed by atoms with van der Waals surface area (Å²) in [4.78, 5) is 227. The summed E-state index contributed by atoms with van der Waals surface area (Å²) < 4.78 is 0. The summed E-state index contributed by atoms with van der Waals surface area (Å²) in [6.45, 7) is 15.3. The minimum absolute atomic E-state index is 0.0165. The van der Waals surface area contributed by atoms with E-state index in [-0.39, 0.29) is 76.5 Å². The molecule has 16 amide bonds. The number of aliphatic imine (C=N–C) groups is 1. The quantitative estimate of drug-likeness (QED) is 0.0166. The highest BCUT2D eigenvalue weighted by Crippen LogP contribution is 2.20. The summed E-state index contributed by atoms with van der Waals surface area (Å²) >= 11 is 0. The Morgan fingerprint density at radius 1 is 0.369 bits per heavy atom. The lowest BCUT2D eigenvalue weighted by Gasteiger charge is -2.30. The van der Waals surface area contributed by atoms with Gasteiger partial charge in [-0.05, 0) is 153 Å². The van der Waals surface area contributed by atoms with E-state index >= 15 is 0 Å². The Bertz CT molecular complexity index is 3800. The minimum Gasteiger partial charge on any atom is -0.394 e. The molecule has 0 radical (unpaired) electrons. The third-order valence-electron chi connectivity index (χ3n) is 19.6. The van der Waals surface area contributed by atoms with E-state index in [0.29, 0.717) is 50.6 Å². The van der Waals surface area contributed by atoms with Crippen LogP contribution < -0.4 is 120 Å². The molecule has 0 aliphatic carbocycles. The summed E-state index contributed by atoms with van der Waals surface area (Å²) in [5.74, 6) is -18.0. The van der Waals surface area contributed by atoms with Crippen LogP contribution in [0.25, 0.3) is 10.9 Å². The average molecular weight is 1730 g/mol. The van der Waals surface area contributed by atoms with Gasteiger partial charge in [-0.15, -0.1) is 0 Å². The number of carbonyl (C=O) groups excluding carboxylic acids is 16. The van der Waals surface area contributed by atoms with Crippen molar-refractivity contribution in [1.82, 2.24) is 84.7 Å². The van der Waals surface area contributed by atoms with Gasteiger partial charge in [-0.2, -0.15) is 0 Å². The normalized spacial score (nSPS) is 15.6. The van der Waals surface area contributed by atoms with Crippen LogP contribution in [-0.2, 0) is 83.1 Å². The number of nitrogens with zero attached hydrogens (tertiary/aromatic N) is 1. The molecule has 0 saturated heterocycles. The standard InChI is InChI=1S/C78H136N24O20/c1-38(2)32-54(70(115)97-56(36-104)71(116)92-50(25-16-19-29-80)67(112)89-43(10)64(109)94-53(62(83)107)33-46-34-87-49-24-14-13-22-47(46)49)95-72(117)55(35-103)96-65(110)44(11)90-77(122)61(45(12)106)102-76(121)60(41(7)8)100-68(113)51(26-17-20-30-81)93-74(119)58(39(3)4)101-73(118)57(37-105)98-75(120)59(40(5)6)99-69(114)52(27-21-31-86-78(84)85)91-63(108)42(9)88-66(111)48(82)23-15-18-28-79/h13-14,22,24,34,38-45,48,50-61,87,103-106H,15-21,23,25-33,35-37,79-82H2,1-12H3,(H2,83,107)(H,88,111)(H,89,112)(H,90,122)(H,91,108)(H,92,116)(H,93,119)(H,94,109)(H,95,117)(H,96,110)(H,97,115)(H,98,120)(H,99,114)(H,100,113)(H,101,118)(H,102,121)(H4,84,85,86)/t42-,43-,44-,45+,48-,50-,51-,52-,53-,54-,55-,56-,57-,58-,59-,60-,61-/m0/s1. The molecule has 688 valence electrons. The van der Waals surface area contributed by atoms with Crippen molar-refractivity contribution in [3.63, 3.8) is 0 Å². The van der Waals surface area contributed by atoms with Crippen LogP contribution in [0.2, 0.25) is 0 Å². The van der Waals surface area contributed by atoms with Gasteiger partial charge in [0.25, 0.3) is 0 Å². The number of primary amides is 1. The number of nitrogens with two attached hydrogens (primary N) is 7. The van der Waals surface area contributed by atoms with Crippen LogP contribution in [0.4, 0.5) is 0 Å². The molecular weight excluding hydrogens is 1590 g/mol. The van der Waals surface area contributed by atoms with E-state index in [1.807, 2.05) is 18.2 Å². The Hall–Kier alpha value is -10.8. The fraction of sp³-hybridized carbons (Fsp3) is 0.679. The predicted octanol–water partition coefficient (Wildman–Crippen LogP) is -8.33. The Kier molecular flexibility index (Phi) is 48.6. The molecule has 2 rings (SSSR count). The van der Waals surface area contributed by atoms with Crippen molar-refractivity contribution in [2.24, 2.45) is 68.8 Å². The van der Waals surface area contributed by atoms with Gasteiger partial charge in [0.05, 0.1) is 32.0 Å². The number of guanidine groups is 1. The molecule has 2 aromatic rings. The molecule has 17 atom stereocenters. The molecule has 0 aliphatic heterocycles. The zero-order valence-corrected chi connectivity index (χ0v) is 72.0. The van der Waals surface area contributed by atoms with E-state index in [4.69, 9.17) is 40.1 Å². The van der Waals surface area contributed by atoms with E-state index in [1.54, 1.807) is 53.8 Å². The summed E-state index contributed by atoms with van der Waals surface area (Å²) in [7, 11) is 0. The molecule has 1 aromatic carbocycles. The van der Waals surface area contributed by atoms with Crippen molar-refractivity contribution in [3.8, 4) is 0 Å². The Balaban J connectivity index is 2.25. The zero-order chi connectivity index (χ0) is 92.4. The van der Waals surface area contributed by atoms with Crippen molar-refractivity contribution < 1.29 is 97.1 Å². The van der Waals surface area contributed by atoms with Gasteiger partial charge in [0, 0.05) is 30.1 Å². The molecule has 0 bridgehead atoms. The molecule has 44 nitrogen and oxygen atoms in total. The van der Waals surface area contributed by atoms with Gasteiger partial charge in [0.1, 0.15) is 90.6 Å². The van der Waals surface area contributed by atoms with Crippen LogP contribution in [0.5, 0.6) is 0 Å². The largest absolute Gasteiger partial charge is 0.394 e. The van der Waals surface area contributed by atoms with Crippen LogP contribution in [0, 0.1) is 23.7 Å². The van der Waals surface area contributed by atoms with E-state index in [9.17, 15) is 97.1 Å². The predicted molar refractivity (Wildman–Crippen MR) is 451 cm³/mol. The summed E-state index contributed by atoms with van der Waals surface area (Å²) in [6, 6.07) is -16.1. The van der Waals surface area contributed by atoms with Crippen molar-refractivity contribution in [3.05, 3.63) is 36.0 Å². The Morgan fingerprint density at radius 3 is 1.11 bits per heavy atom. The molecule has 0 fully saturated rings. The molecule has 34 N–H and O–H groups in total. The number of rotatable bonds is 58. The average Bonchev–Trinajstić information content (AvgIpc) is 1.64. The first-order valence-corrected chi connectivity index (χ1v) is 41.2. The van der Waals surface area contributed by atoms with Crippen molar-refractivity contribution in [2.75, 3.05) is 46.0 Å². The lowest BCUT2D eigenvalue weighted by atomic mass is 9.99. The Labute approximate surface area is 710 Å². The molecule has 0 saturated carbocycles. The van der Waals surface area contributed by atoms with Crippen LogP contribution in [0.15, 0.2) is 35.5 Å². The van der Waals surface area contributed by atoms with Crippen molar-refractivity contribution in [1.29, 1.82) is 0 Å². The maximum atomic E-state index is 14.4. The van der Waals surface area contributed by atoms with E-state index in [1.165, 1.54) is 27.7 Å².